The summed E-state index contributed by atoms with van der Waals surface area (Å²) in [5, 5.41) is 3.26. The Labute approximate surface area is 114 Å². The molecule has 0 radical (unpaired) electrons. The van der Waals surface area contributed by atoms with Gasteiger partial charge in [-0.25, -0.2) is 0 Å². The molecule has 0 aliphatic rings. The zero-order chi connectivity index (χ0) is 13.4. The normalized spacial score (nSPS) is 10.6. The van der Waals surface area contributed by atoms with Crippen LogP contribution in [0.5, 0.6) is 0 Å². The topological polar surface area (TPSA) is 55.1 Å². The summed E-state index contributed by atoms with van der Waals surface area (Å²) in [6, 6.07) is 0.561. The van der Waals surface area contributed by atoms with Crippen LogP contribution < -0.4 is 11.1 Å². The van der Waals surface area contributed by atoms with Crippen LogP contribution in [0.4, 0.5) is 0 Å². The maximum atomic E-state index is 8.58. The third kappa shape index (κ3) is 29.2. The molecule has 0 aromatic carbocycles. The molecule has 0 aromatic rings. The van der Waals surface area contributed by atoms with Crippen molar-refractivity contribution in [1.29, 1.82) is 0 Å². The lowest BCUT2D eigenvalue weighted by molar-refractivity contribution is -0.106. The van der Waals surface area contributed by atoms with Crippen LogP contribution >= 0.6 is 22.6 Å². The van der Waals surface area contributed by atoms with Crippen LogP contribution in [0.25, 0.3) is 0 Å². The molecule has 0 saturated heterocycles. The molecule has 16 heavy (non-hydrogen) atoms. The highest BCUT2D eigenvalue weighted by atomic mass is 127. The molecular weight excluding hydrogens is 315 g/mol. The summed E-state index contributed by atoms with van der Waals surface area (Å²) in [5.41, 5.74) is 4.17. The van der Waals surface area contributed by atoms with E-state index in [1.165, 1.54) is 6.42 Å². The maximum Gasteiger partial charge on any atom is 0.204 e. The van der Waals surface area contributed by atoms with E-state index in [0.717, 1.165) is 5.92 Å². The summed E-state index contributed by atoms with van der Waals surface area (Å²) < 4.78 is 0. The van der Waals surface area contributed by atoms with Crippen LogP contribution in [0.1, 0.15) is 27.2 Å². The van der Waals surface area contributed by atoms with Crippen LogP contribution in [-0.4, -0.2) is 17.4 Å². The Morgan fingerprint density at radius 3 is 2.12 bits per heavy atom. The number of rotatable bonds is 5. The van der Waals surface area contributed by atoms with Crippen molar-refractivity contribution in [3.05, 3.63) is 24.9 Å². The number of alkyl halides is 1. The van der Waals surface area contributed by atoms with Gasteiger partial charge < -0.3 is 11.1 Å². The van der Waals surface area contributed by atoms with Crippen LogP contribution in [0, 0.1) is 5.92 Å². The predicted molar refractivity (Wildman–Crippen MR) is 81.6 cm³/mol. The Morgan fingerprint density at radius 2 is 1.81 bits per heavy atom. The van der Waals surface area contributed by atoms with Gasteiger partial charge in [0.2, 0.25) is 6.41 Å². The Kier molecular flexibility index (Phi) is 26.0. The molecule has 0 aromatic heterocycles. The van der Waals surface area contributed by atoms with Gasteiger partial charge in [-0.2, -0.15) is 0 Å². The molecule has 3 nitrogen and oxygen atoms in total. The van der Waals surface area contributed by atoms with E-state index in [0.29, 0.717) is 6.04 Å². The third-order valence-corrected chi connectivity index (χ3v) is 1.44. The van der Waals surface area contributed by atoms with Gasteiger partial charge in [0.05, 0.1) is 0 Å². The Bertz CT molecular complexity index is 170. The van der Waals surface area contributed by atoms with Crippen LogP contribution in [-0.2, 0) is 4.79 Å². The van der Waals surface area contributed by atoms with Crippen molar-refractivity contribution >= 4 is 29.0 Å². The van der Waals surface area contributed by atoms with E-state index < -0.39 is 0 Å². The quantitative estimate of drug-likeness (QED) is 0.350. The van der Waals surface area contributed by atoms with Crippen molar-refractivity contribution in [2.75, 3.05) is 4.93 Å². The lowest BCUT2D eigenvalue weighted by Crippen LogP contribution is -2.21. The smallest absolute Gasteiger partial charge is 0.204 e. The van der Waals surface area contributed by atoms with Gasteiger partial charge in [0, 0.05) is 6.04 Å². The molecule has 0 heterocycles. The second-order valence-electron chi connectivity index (χ2n) is 3.43. The third-order valence-electron chi connectivity index (χ3n) is 1.44. The van der Waals surface area contributed by atoms with E-state index in [-0.39, 0.29) is 6.41 Å². The van der Waals surface area contributed by atoms with Gasteiger partial charge in [-0.15, -0.1) is 0 Å². The number of carbonyl (C=O) groups excluding carboxylic acids is 1. The molecule has 0 bridgehead atoms. The number of allylic oxidation sites excluding steroid dienone is 2. The second kappa shape index (κ2) is 20.0. The first-order valence-corrected chi connectivity index (χ1v) is 7.31. The molecule has 4 heteroatoms. The fourth-order valence-electron chi connectivity index (χ4n) is 1.06. The van der Waals surface area contributed by atoms with Crippen molar-refractivity contribution in [1.82, 2.24) is 5.32 Å². The first-order chi connectivity index (χ1) is 7.58. The van der Waals surface area contributed by atoms with Crippen molar-refractivity contribution in [3.63, 3.8) is 0 Å². The molecule has 0 saturated carbocycles. The monoisotopic (exact) mass is 340 g/mol. The van der Waals surface area contributed by atoms with Gasteiger partial charge in [0.1, 0.15) is 0 Å². The minimum absolute atomic E-state index is 0.250. The zero-order valence-electron chi connectivity index (χ0n) is 10.7. The van der Waals surface area contributed by atoms with Gasteiger partial charge >= 0.3 is 0 Å². The van der Waals surface area contributed by atoms with Gasteiger partial charge in [0.25, 0.3) is 0 Å². The SMILES string of the molecule is C=C/C=C\NC(C)CC(C)C.CI.NC=O. The number of halogens is 1. The molecular formula is C12H25IN2O. The number of nitrogens with one attached hydrogen (secondary N) is 1. The summed E-state index contributed by atoms with van der Waals surface area (Å²) in [6.07, 6.45) is 7.09. The largest absolute Gasteiger partial charge is 0.388 e. The molecule has 1 amide bonds. The average molecular weight is 340 g/mol. The van der Waals surface area contributed by atoms with Crippen LogP contribution in [0.2, 0.25) is 0 Å². The highest BCUT2D eigenvalue weighted by Gasteiger charge is 2.00. The van der Waals surface area contributed by atoms with E-state index in [1.807, 2.05) is 17.2 Å². The molecule has 0 rings (SSSR count). The van der Waals surface area contributed by atoms with E-state index in [1.54, 1.807) is 6.08 Å². The van der Waals surface area contributed by atoms with Crippen molar-refractivity contribution in [3.8, 4) is 0 Å². The fraction of sp³-hybridized carbons (Fsp3) is 0.583. The van der Waals surface area contributed by atoms with Crippen LogP contribution in [0.15, 0.2) is 24.9 Å². The first kappa shape index (κ1) is 20.8. The maximum absolute atomic E-state index is 8.58. The highest BCUT2D eigenvalue weighted by molar-refractivity contribution is 14.1. The van der Waals surface area contributed by atoms with Gasteiger partial charge in [-0.05, 0) is 36.5 Å². The van der Waals surface area contributed by atoms with Crippen LogP contribution in [0.3, 0.4) is 0 Å². The summed E-state index contributed by atoms with van der Waals surface area (Å²) >= 11 is 2.15. The number of carbonyl (C=O) groups is 1. The predicted octanol–water partition coefficient (Wildman–Crippen LogP) is 2.86. The van der Waals surface area contributed by atoms with Crippen molar-refractivity contribution < 1.29 is 4.79 Å². The first-order valence-electron chi connectivity index (χ1n) is 5.15. The Morgan fingerprint density at radius 1 is 1.38 bits per heavy atom. The molecule has 1 atom stereocenters. The van der Waals surface area contributed by atoms with Gasteiger partial charge in [-0.1, -0.05) is 49.1 Å². The van der Waals surface area contributed by atoms with Crippen molar-refractivity contribution in [2.45, 2.75) is 33.2 Å². The van der Waals surface area contributed by atoms with Gasteiger partial charge in [-0.3, -0.25) is 4.79 Å². The van der Waals surface area contributed by atoms with E-state index in [9.17, 15) is 0 Å². The zero-order valence-corrected chi connectivity index (χ0v) is 12.9. The molecule has 0 aliphatic heterocycles. The fourth-order valence-corrected chi connectivity index (χ4v) is 1.06. The highest BCUT2D eigenvalue weighted by Crippen LogP contribution is 2.03. The summed E-state index contributed by atoms with van der Waals surface area (Å²) in [6.45, 7) is 10.2. The Balaban J connectivity index is -0.000000289. The molecule has 0 spiro atoms. The lowest BCUT2D eigenvalue weighted by atomic mass is 10.1. The van der Waals surface area contributed by atoms with E-state index >= 15 is 0 Å². The number of primary amides is 1. The van der Waals surface area contributed by atoms with Crippen molar-refractivity contribution in [2.24, 2.45) is 11.7 Å². The summed E-state index contributed by atoms with van der Waals surface area (Å²) in [4.78, 5) is 10.6. The lowest BCUT2D eigenvalue weighted by Gasteiger charge is -2.13. The average Bonchev–Trinajstić information content (AvgIpc) is 2.21. The van der Waals surface area contributed by atoms with E-state index in [4.69, 9.17) is 4.79 Å². The standard InChI is InChI=1S/C10H19N.CH3I.CH3NO/c1-5-6-7-11-10(4)8-9(2)3;1-2;2-1-3/h5-7,9-11H,1,8H2,2-4H3;1H3;1H,(H2,2,3)/b7-6-;;. The molecule has 1 unspecified atom stereocenters. The Hall–Kier alpha value is -0.520. The molecule has 0 aliphatic carbocycles. The second-order valence-corrected chi connectivity index (χ2v) is 3.43. The molecule has 0 fully saturated rings. The minimum atomic E-state index is 0.250. The van der Waals surface area contributed by atoms with Gasteiger partial charge in [0.15, 0.2) is 0 Å². The molecule has 96 valence electrons. The number of nitrogens with two attached hydrogens (primary N) is 1. The number of hydrogen-bond acceptors (Lipinski definition) is 2. The number of amides is 1. The summed E-state index contributed by atoms with van der Waals surface area (Å²) in [7, 11) is 0. The minimum Gasteiger partial charge on any atom is -0.388 e. The molecule has 3 N–H and O–H groups in total. The number of hydrogen-bond donors (Lipinski definition) is 2. The van der Waals surface area contributed by atoms with E-state index in [2.05, 4.69) is 61.0 Å². The summed E-state index contributed by atoms with van der Waals surface area (Å²) in [5.74, 6) is 0.759.